The highest BCUT2D eigenvalue weighted by Crippen LogP contribution is 2.23. The van der Waals surface area contributed by atoms with Gasteiger partial charge in [-0.3, -0.25) is 0 Å². The number of rotatable bonds is 4. The first-order valence-electron chi connectivity index (χ1n) is 5.51. The largest absolute Gasteiger partial charge is 0.473 e. The van der Waals surface area contributed by atoms with E-state index in [2.05, 4.69) is 20.9 Å². The number of nitrogen functional groups attached to an aromatic ring is 1. The molecule has 0 fully saturated rings. The number of hydrogen-bond acceptors (Lipinski definition) is 3. The Morgan fingerprint density at radius 3 is 2.78 bits per heavy atom. The van der Waals surface area contributed by atoms with Crippen LogP contribution >= 0.6 is 15.9 Å². The van der Waals surface area contributed by atoms with Crippen molar-refractivity contribution in [2.45, 2.75) is 0 Å². The fourth-order valence-electron chi connectivity index (χ4n) is 1.42. The second-order valence-electron chi connectivity index (χ2n) is 3.68. The van der Waals surface area contributed by atoms with E-state index in [-0.39, 0.29) is 0 Å². The Kier molecular flexibility index (Phi) is 4.36. The predicted octanol–water partition coefficient (Wildman–Crippen LogP) is 3.52. The van der Waals surface area contributed by atoms with E-state index in [0.29, 0.717) is 18.2 Å². The van der Waals surface area contributed by atoms with Crippen molar-refractivity contribution in [2.24, 2.45) is 0 Å². The first-order valence-corrected chi connectivity index (χ1v) is 6.30. The van der Waals surface area contributed by atoms with E-state index in [1.165, 1.54) is 0 Å². The lowest BCUT2D eigenvalue weighted by molar-refractivity contribution is 0.347. The summed E-state index contributed by atoms with van der Waals surface area (Å²) < 4.78 is 6.27. The quantitative estimate of drug-likeness (QED) is 0.940. The molecule has 1 aromatic carbocycles. The molecule has 18 heavy (non-hydrogen) atoms. The van der Waals surface area contributed by atoms with E-state index in [1.807, 2.05) is 42.5 Å². The molecule has 2 rings (SSSR count). The number of hydrogen-bond donors (Lipinski definition) is 1. The zero-order valence-corrected chi connectivity index (χ0v) is 11.3. The maximum Gasteiger partial charge on any atom is 0.228 e. The number of aromatic nitrogens is 1. The van der Waals surface area contributed by atoms with E-state index in [1.54, 1.807) is 12.3 Å². The minimum Gasteiger partial charge on any atom is -0.473 e. The van der Waals surface area contributed by atoms with Crippen LogP contribution in [-0.2, 0) is 0 Å². The van der Waals surface area contributed by atoms with Gasteiger partial charge in [0.25, 0.3) is 0 Å². The van der Waals surface area contributed by atoms with Gasteiger partial charge in [0.15, 0.2) is 0 Å². The number of ether oxygens (including phenoxy) is 1. The number of anilines is 1. The fraction of sp³-hybridized carbons (Fsp3) is 0.0714. The molecule has 0 atom stereocenters. The molecule has 0 bridgehead atoms. The summed E-state index contributed by atoms with van der Waals surface area (Å²) in [6, 6.07) is 11.8. The minimum atomic E-state index is 0.463. The molecule has 2 N–H and O–H groups in total. The number of nitrogens with two attached hydrogens (primary N) is 1. The Bertz CT molecular complexity index is 541. The van der Waals surface area contributed by atoms with E-state index in [0.717, 1.165) is 10.0 Å². The van der Waals surface area contributed by atoms with Crippen LogP contribution in [0.2, 0.25) is 0 Å². The topological polar surface area (TPSA) is 48.1 Å². The lowest BCUT2D eigenvalue weighted by Gasteiger charge is -2.04. The summed E-state index contributed by atoms with van der Waals surface area (Å²) in [5.41, 5.74) is 7.35. The van der Waals surface area contributed by atoms with Crippen LogP contribution in [0.5, 0.6) is 5.88 Å². The normalized spacial score (nSPS) is 10.7. The highest BCUT2D eigenvalue weighted by molar-refractivity contribution is 9.10. The van der Waals surface area contributed by atoms with Gasteiger partial charge >= 0.3 is 0 Å². The zero-order valence-electron chi connectivity index (χ0n) is 9.71. The van der Waals surface area contributed by atoms with Crippen LogP contribution in [0.4, 0.5) is 5.69 Å². The summed E-state index contributed by atoms with van der Waals surface area (Å²) in [6.07, 6.45) is 5.52. The van der Waals surface area contributed by atoms with Gasteiger partial charge in [0.05, 0.1) is 16.4 Å². The first-order chi connectivity index (χ1) is 8.75. The second-order valence-corrected chi connectivity index (χ2v) is 4.53. The Morgan fingerprint density at radius 2 is 2.06 bits per heavy atom. The average Bonchev–Trinajstić information content (AvgIpc) is 2.38. The fourth-order valence-corrected chi connectivity index (χ4v) is 1.90. The molecule has 4 heteroatoms. The maximum absolute atomic E-state index is 5.60. The van der Waals surface area contributed by atoms with E-state index >= 15 is 0 Å². The Hall–Kier alpha value is -1.81. The molecule has 0 spiro atoms. The molecule has 0 amide bonds. The van der Waals surface area contributed by atoms with Crippen molar-refractivity contribution in [3.8, 4) is 5.88 Å². The lowest BCUT2D eigenvalue weighted by Crippen LogP contribution is -1.97. The summed E-state index contributed by atoms with van der Waals surface area (Å²) in [7, 11) is 0. The van der Waals surface area contributed by atoms with Gasteiger partial charge in [-0.25, -0.2) is 4.98 Å². The average molecular weight is 305 g/mol. The van der Waals surface area contributed by atoms with Gasteiger partial charge < -0.3 is 10.5 Å². The monoisotopic (exact) mass is 304 g/mol. The molecule has 0 radical (unpaired) electrons. The first kappa shape index (κ1) is 12.6. The third-order valence-electron chi connectivity index (χ3n) is 2.25. The smallest absolute Gasteiger partial charge is 0.228 e. The molecular weight excluding hydrogens is 292 g/mol. The van der Waals surface area contributed by atoms with Crippen LogP contribution in [0.3, 0.4) is 0 Å². The van der Waals surface area contributed by atoms with Crippen molar-refractivity contribution in [1.29, 1.82) is 0 Å². The number of pyridine rings is 1. The molecule has 0 unspecified atom stereocenters. The van der Waals surface area contributed by atoms with Gasteiger partial charge in [-0.1, -0.05) is 36.4 Å². The molecule has 0 saturated carbocycles. The summed E-state index contributed by atoms with van der Waals surface area (Å²) in [6.45, 7) is 0.463. The summed E-state index contributed by atoms with van der Waals surface area (Å²) in [5.74, 6) is 0.543. The van der Waals surface area contributed by atoms with Crippen LogP contribution in [0, 0.1) is 0 Å². The maximum atomic E-state index is 5.60. The van der Waals surface area contributed by atoms with Crippen molar-refractivity contribution < 1.29 is 4.74 Å². The highest BCUT2D eigenvalue weighted by atomic mass is 79.9. The van der Waals surface area contributed by atoms with Gasteiger partial charge in [-0.05, 0) is 33.6 Å². The van der Waals surface area contributed by atoms with Gasteiger partial charge in [0, 0.05) is 0 Å². The number of halogens is 1. The minimum absolute atomic E-state index is 0.463. The molecule has 0 aliphatic rings. The van der Waals surface area contributed by atoms with Crippen molar-refractivity contribution in [2.75, 3.05) is 12.3 Å². The highest BCUT2D eigenvalue weighted by Gasteiger charge is 2.01. The van der Waals surface area contributed by atoms with Crippen molar-refractivity contribution in [1.82, 2.24) is 4.98 Å². The Balaban J connectivity index is 1.91. The van der Waals surface area contributed by atoms with Crippen LogP contribution in [0.15, 0.2) is 53.1 Å². The molecule has 3 nitrogen and oxygen atoms in total. The van der Waals surface area contributed by atoms with Gasteiger partial charge in [0.1, 0.15) is 6.61 Å². The SMILES string of the molecule is Nc1cnc(OC/C=C/c2ccccc2)c(Br)c1. The Morgan fingerprint density at radius 1 is 1.28 bits per heavy atom. The summed E-state index contributed by atoms with van der Waals surface area (Å²) in [5, 5.41) is 0. The molecule has 1 aromatic heterocycles. The third kappa shape index (κ3) is 3.60. The molecule has 0 saturated heterocycles. The molecule has 1 heterocycles. The predicted molar refractivity (Wildman–Crippen MR) is 77.3 cm³/mol. The third-order valence-corrected chi connectivity index (χ3v) is 2.82. The van der Waals surface area contributed by atoms with Gasteiger partial charge in [-0.15, -0.1) is 0 Å². The molecule has 2 aromatic rings. The molecular formula is C14H13BrN2O. The number of benzene rings is 1. The van der Waals surface area contributed by atoms with Gasteiger partial charge in [-0.2, -0.15) is 0 Å². The van der Waals surface area contributed by atoms with E-state index in [9.17, 15) is 0 Å². The molecule has 0 aliphatic heterocycles. The summed E-state index contributed by atoms with van der Waals surface area (Å²) >= 11 is 3.35. The van der Waals surface area contributed by atoms with Crippen LogP contribution < -0.4 is 10.5 Å². The van der Waals surface area contributed by atoms with E-state index < -0.39 is 0 Å². The van der Waals surface area contributed by atoms with Crippen LogP contribution in [0.1, 0.15) is 5.56 Å². The number of nitrogens with zero attached hydrogens (tertiary/aromatic N) is 1. The lowest BCUT2D eigenvalue weighted by atomic mass is 10.2. The van der Waals surface area contributed by atoms with Crippen LogP contribution in [-0.4, -0.2) is 11.6 Å². The van der Waals surface area contributed by atoms with Crippen LogP contribution in [0.25, 0.3) is 6.08 Å². The zero-order chi connectivity index (χ0) is 12.8. The molecule has 0 aliphatic carbocycles. The van der Waals surface area contributed by atoms with Gasteiger partial charge in [0.2, 0.25) is 5.88 Å². The molecule has 92 valence electrons. The summed E-state index contributed by atoms with van der Waals surface area (Å²) in [4.78, 5) is 4.09. The Labute approximate surface area is 114 Å². The standard InChI is InChI=1S/C14H13BrN2O/c15-13-9-12(16)10-17-14(13)18-8-4-7-11-5-2-1-3-6-11/h1-7,9-10H,8,16H2/b7-4+. The van der Waals surface area contributed by atoms with Crippen molar-refractivity contribution in [3.63, 3.8) is 0 Å². The van der Waals surface area contributed by atoms with E-state index in [4.69, 9.17) is 10.5 Å². The second kappa shape index (κ2) is 6.21. The van der Waals surface area contributed by atoms with Crippen molar-refractivity contribution >= 4 is 27.7 Å². The van der Waals surface area contributed by atoms with Crippen molar-refractivity contribution in [3.05, 3.63) is 58.7 Å².